The van der Waals surface area contributed by atoms with Crippen molar-refractivity contribution in [1.82, 2.24) is 4.90 Å². The average Bonchev–Trinajstić information content (AvgIpc) is 2.90. The molecule has 2 atom stereocenters. The van der Waals surface area contributed by atoms with Crippen LogP contribution in [0.3, 0.4) is 0 Å². The largest absolute Gasteiger partial charge is 0.377 e. The van der Waals surface area contributed by atoms with Gasteiger partial charge in [-0.15, -0.1) is 0 Å². The van der Waals surface area contributed by atoms with Crippen LogP contribution in [-0.2, 0) is 11.2 Å². The molecule has 1 saturated heterocycles. The number of hydrogen-bond acceptors (Lipinski definition) is 3. The third-order valence-corrected chi connectivity index (χ3v) is 3.73. The number of hydrogen-bond donors (Lipinski definition) is 1. The second-order valence-electron chi connectivity index (χ2n) is 5.64. The van der Waals surface area contributed by atoms with Gasteiger partial charge in [0.05, 0.1) is 6.10 Å². The van der Waals surface area contributed by atoms with Crippen LogP contribution in [0.1, 0.15) is 24.8 Å². The van der Waals surface area contributed by atoms with Gasteiger partial charge >= 0.3 is 0 Å². The van der Waals surface area contributed by atoms with Crippen LogP contribution >= 0.6 is 0 Å². The molecule has 3 heteroatoms. The maximum absolute atomic E-state index is 6.21. The SMILES string of the molecule is CN(CC(N)CCc1ccccc1)CC1CCCO1. The zero-order chi connectivity index (χ0) is 13.5. The molecule has 0 bridgehead atoms. The van der Waals surface area contributed by atoms with Crippen LogP contribution in [0, 0.1) is 0 Å². The molecule has 1 aromatic rings. The molecule has 0 spiro atoms. The summed E-state index contributed by atoms with van der Waals surface area (Å²) in [6, 6.07) is 10.8. The zero-order valence-corrected chi connectivity index (χ0v) is 11.9. The van der Waals surface area contributed by atoms with E-state index < -0.39 is 0 Å². The second kappa shape index (κ2) is 7.63. The van der Waals surface area contributed by atoms with E-state index in [4.69, 9.17) is 10.5 Å². The molecular weight excluding hydrogens is 236 g/mol. The van der Waals surface area contributed by atoms with E-state index in [1.54, 1.807) is 0 Å². The fraction of sp³-hybridized carbons (Fsp3) is 0.625. The monoisotopic (exact) mass is 262 g/mol. The second-order valence-corrected chi connectivity index (χ2v) is 5.64. The third kappa shape index (κ3) is 5.31. The molecule has 2 rings (SSSR count). The Labute approximate surface area is 116 Å². The van der Waals surface area contributed by atoms with Gasteiger partial charge in [-0.05, 0) is 38.3 Å². The zero-order valence-electron chi connectivity index (χ0n) is 11.9. The topological polar surface area (TPSA) is 38.5 Å². The Hall–Kier alpha value is -0.900. The Morgan fingerprint density at radius 1 is 1.37 bits per heavy atom. The molecule has 19 heavy (non-hydrogen) atoms. The van der Waals surface area contributed by atoms with Gasteiger partial charge in [0, 0.05) is 25.7 Å². The fourth-order valence-corrected chi connectivity index (χ4v) is 2.70. The summed E-state index contributed by atoms with van der Waals surface area (Å²) in [5.41, 5.74) is 7.59. The number of ether oxygens (including phenoxy) is 1. The maximum Gasteiger partial charge on any atom is 0.0702 e. The van der Waals surface area contributed by atoms with Crippen LogP contribution in [0.2, 0.25) is 0 Å². The Morgan fingerprint density at radius 2 is 2.16 bits per heavy atom. The summed E-state index contributed by atoms with van der Waals surface area (Å²) in [4.78, 5) is 2.31. The van der Waals surface area contributed by atoms with Gasteiger partial charge in [0.1, 0.15) is 0 Å². The lowest BCUT2D eigenvalue weighted by Gasteiger charge is -2.23. The van der Waals surface area contributed by atoms with Crippen LogP contribution in [0.15, 0.2) is 30.3 Å². The predicted molar refractivity (Wildman–Crippen MR) is 79.2 cm³/mol. The first-order valence-corrected chi connectivity index (χ1v) is 7.33. The maximum atomic E-state index is 6.21. The Balaban J connectivity index is 1.64. The Bertz CT molecular complexity index is 349. The van der Waals surface area contributed by atoms with Gasteiger partial charge < -0.3 is 15.4 Å². The lowest BCUT2D eigenvalue weighted by molar-refractivity contribution is 0.0794. The van der Waals surface area contributed by atoms with Crippen LogP contribution in [0.25, 0.3) is 0 Å². The first kappa shape index (κ1) is 14.5. The summed E-state index contributed by atoms with van der Waals surface area (Å²) in [6.45, 7) is 2.89. The molecule has 1 aromatic carbocycles. The highest BCUT2D eigenvalue weighted by molar-refractivity contribution is 5.14. The van der Waals surface area contributed by atoms with Gasteiger partial charge in [0.2, 0.25) is 0 Å². The number of rotatable bonds is 7. The minimum atomic E-state index is 0.242. The first-order valence-electron chi connectivity index (χ1n) is 7.33. The van der Waals surface area contributed by atoms with Crippen LogP contribution < -0.4 is 5.73 Å². The van der Waals surface area contributed by atoms with Gasteiger partial charge in [0.15, 0.2) is 0 Å². The van der Waals surface area contributed by atoms with E-state index >= 15 is 0 Å². The van der Waals surface area contributed by atoms with E-state index in [1.807, 2.05) is 0 Å². The van der Waals surface area contributed by atoms with E-state index in [0.29, 0.717) is 6.10 Å². The van der Waals surface area contributed by atoms with Crippen molar-refractivity contribution >= 4 is 0 Å². The number of nitrogens with two attached hydrogens (primary N) is 1. The molecule has 2 N–H and O–H groups in total. The summed E-state index contributed by atoms with van der Waals surface area (Å²) in [6.07, 6.45) is 4.93. The Morgan fingerprint density at radius 3 is 2.84 bits per heavy atom. The summed E-state index contributed by atoms with van der Waals surface area (Å²) < 4.78 is 5.65. The molecule has 1 heterocycles. The smallest absolute Gasteiger partial charge is 0.0702 e. The van der Waals surface area contributed by atoms with Crippen molar-refractivity contribution in [1.29, 1.82) is 0 Å². The third-order valence-electron chi connectivity index (χ3n) is 3.73. The standard InChI is InChI=1S/C16H26N2O/c1-18(13-16-8-5-11-19-16)12-15(17)10-9-14-6-3-2-4-7-14/h2-4,6-7,15-16H,5,8-13,17H2,1H3. The van der Waals surface area contributed by atoms with E-state index in [2.05, 4.69) is 42.3 Å². The molecule has 0 radical (unpaired) electrons. The van der Waals surface area contributed by atoms with Gasteiger partial charge in [-0.3, -0.25) is 0 Å². The summed E-state index contributed by atoms with van der Waals surface area (Å²) >= 11 is 0. The highest BCUT2D eigenvalue weighted by Crippen LogP contribution is 2.13. The molecule has 0 aromatic heterocycles. The number of benzene rings is 1. The Kier molecular flexibility index (Phi) is 5.83. The van der Waals surface area contributed by atoms with Gasteiger partial charge in [-0.2, -0.15) is 0 Å². The predicted octanol–water partition coefficient (Wildman–Crippen LogP) is 2.06. The van der Waals surface area contributed by atoms with Crippen molar-refractivity contribution in [3.8, 4) is 0 Å². The van der Waals surface area contributed by atoms with Gasteiger partial charge in [0.25, 0.3) is 0 Å². The molecule has 3 nitrogen and oxygen atoms in total. The summed E-state index contributed by atoms with van der Waals surface area (Å²) in [5, 5.41) is 0. The highest BCUT2D eigenvalue weighted by atomic mass is 16.5. The molecule has 1 aliphatic heterocycles. The van der Waals surface area contributed by atoms with Crippen LogP contribution in [0.5, 0.6) is 0 Å². The van der Waals surface area contributed by atoms with Gasteiger partial charge in [-0.25, -0.2) is 0 Å². The van der Waals surface area contributed by atoms with Crippen LogP contribution in [-0.4, -0.2) is 43.8 Å². The minimum absolute atomic E-state index is 0.242. The van der Waals surface area contributed by atoms with Crippen molar-refractivity contribution in [2.75, 3.05) is 26.7 Å². The van der Waals surface area contributed by atoms with E-state index in [-0.39, 0.29) is 6.04 Å². The van der Waals surface area contributed by atoms with E-state index in [1.165, 1.54) is 18.4 Å². The van der Waals surface area contributed by atoms with Crippen molar-refractivity contribution in [2.45, 2.75) is 37.8 Å². The quantitative estimate of drug-likeness (QED) is 0.817. The van der Waals surface area contributed by atoms with Gasteiger partial charge in [-0.1, -0.05) is 30.3 Å². The van der Waals surface area contributed by atoms with Crippen molar-refractivity contribution in [3.63, 3.8) is 0 Å². The van der Waals surface area contributed by atoms with E-state index in [0.717, 1.165) is 32.5 Å². The van der Waals surface area contributed by atoms with Crippen LogP contribution in [0.4, 0.5) is 0 Å². The van der Waals surface area contributed by atoms with Crippen molar-refractivity contribution < 1.29 is 4.74 Å². The minimum Gasteiger partial charge on any atom is -0.377 e. The fourth-order valence-electron chi connectivity index (χ4n) is 2.70. The molecule has 106 valence electrons. The first-order chi connectivity index (χ1) is 9.24. The van der Waals surface area contributed by atoms with Crippen molar-refractivity contribution in [2.24, 2.45) is 5.73 Å². The molecule has 0 saturated carbocycles. The lowest BCUT2D eigenvalue weighted by Crippen LogP contribution is -2.39. The molecular formula is C16H26N2O. The summed E-state index contributed by atoms with van der Waals surface area (Å²) in [7, 11) is 2.14. The number of likely N-dealkylation sites (N-methyl/N-ethyl adjacent to an activating group) is 1. The summed E-state index contributed by atoms with van der Waals surface area (Å²) in [5.74, 6) is 0. The molecule has 0 aliphatic carbocycles. The number of nitrogens with zero attached hydrogens (tertiary/aromatic N) is 1. The molecule has 0 amide bonds. The molecule has 1 aliphatic rings. The molecule has 2 unspecified atom stereocenters. The number of aryl methyl sites for hydroxylation is 1. The molecule has 1 fully saturated rings. The normalized spacial score (nSPS) is 20.9. The van der Waals surface area contributed by atoms with E-state index in [9.17, 15) is 0 Å². The average molecular weight is 262 g/mol. The van der Waals surface area contributed by atoms with Crippen molar-refractivity contribution in [3.05, 3.63) is 35.9 Å². The highest BCUT2D eigenvalue weighted by Gasteiger charge is 2.18. The lowest BCUT2D eigenvalue weighted by atomic mass is 10.1.